The Morgan fingerprint density at radius 1 is 0.972 bits per heavy atom. The number of benzene rings is 2. The highest BCUT2D eigenvalue weighted by Crippen LogP contribution is 2.32. The molecule has 0 aliphatic carbocycles. The first kappa shape index (κ1) is 25.3. The predicted octanol–water partition coefficient (Wildman–Crippen LogP) is 3.22. The van der Waals surface area contributed by atoms with Crippen LogP contribution in [0.4, 0.5) is 29.0 Å². The third-order valence-corrected chi connectivity index (χ3v) is 7.22. The lowest BCUT2D eigenvalue weighted by Crippen LogP contribution is -2.33. The molecule has 0 spiro atoms. The zero-order valence-corrected chi connectivity index (χ0v) is 21.2. The number of ketones is 1. The van der Waals surface area contributed by atoms with Gasteiger partial charge in [0.1, 0.15) is 22.8 Å². The first-order valence-corrected chi connectivity index (χ1v) is 13.0. The molecule has 0 atom stereocenters. The summed E-state index contributed by atoms with van der Waals surface area (Å²) in [5, 5.41) is 6.10. The Bertz CT molecular complexity index is 1340. The fraction of sp³-hybridized carbons (Fsp3) is 0.333. The fourth-order valence-corrected chi connectivity index (χ4v) is 5.24. The number of hydrogen-bond acceptors (Lipinski definition) is 10. The van der Waals surface area contributed by atoms with Crippen LogP contribution in [0.15, 0.2) is 53.7 Å². The molecule has 1 aromatic heterocycles. The van der Waals surface area contributed by atoms with Gasteiger partial charge in [-0.3, -0.25) is 4.79 Å². The molecule has 0 bridgehead atoms. The van der Waals surface area contributed by atoms with Crippen LogP contribution in [-0.4, -0.2) is 55.4 Å². The Morgan fingerprint density at radius 3 is 2.31 bits per heavy atom. The fourth-order valence-electron chi connectivity index (χ4n) is 3.83. The molecule has 0 unspecified atom stereocenters. The van der Waals surface area contributed by atoms with Crippen LogP contribution in [0.1, 0.15) is 26.7 Å². The number of nitrogens with one attached hydrogen (secondary N) is 3. The van der Waals surface area contributed by atoms with E-state index in [1.54, 1.807) is 39.2 Å². The van der Waals surface area contributed by atoms with Crippen molar-refractivity contribution in [3.8, 4) is 5.75 Å². The number of methoxy groups -OCH3 is 1. The van der Waals surface area contributed by atoms with Gasteiger partial charge in [0.2, 0.25) is 21.9 Å². The SMILES string of the molecule is COc1cc(N2CCC(=O)CC2)ccc1Nc1ncnc(Nc2ccccc2S(=O)(=O)NC(C)C)n1. The Hall–Kier alpha value is -3.77. The number of ether oxygens (including phenoxy) is 1. The number of carbonyl (C=O) groups excluding carboxylic acids is 1. The molecule has 1 aliphatic rings. The van der Waals surface area contributed by atoms with E-state index in [2.05, 4.69) is 35.2 Å². The van der Waals surface area contributed by atoms with Crippen molar-refractivity contribution in [2.24, 2.45) is 0 Å². The highest BCUT2D eigenvalue weighted by Gasteiger charge is 2.20. The molecule has 1 saturated heterocycles. The van der Waals surface area contributed by atoms with Crippen LogP contribution in [0.2, 0.25) is 0 Å². The lowest BCUT2D eigenvalue weighted by atomic mass is 10.1. The summed E-state index contributed by atoms with van der Waals surface area (Å²) in [5.74, 6) is 1.30. The summed E-state index contributed by atoms with van der Waals surface area (Å²) in [6, 6.07) is 12.0. The summed E-state index contributed by atoms with van der Waals surface area (Å²) < 4.78 is 33.6. The first-order chi connectivity index (χ1) is 17.2. The van der Waals surface area contributed by atoms with Crippen LogP contribution in [0.3, 0.4) is 0 Å². The number of hydrogen-bond donors (Lipinski definition) is 3. The number of rotatable bonds is 9. The number of Topliss-reactive ketones (excluding diaryl/α,β-unsaturated/α-hetero) is 1. The van der Waals surface area contributed by atoms with Crippen molar-refractivity contribution in [3.05, 3.63) is 48.8 Å². The third kappa shape index (κ3) is 6.07. The minimum atomic E-state index is -3.73. The smallest absolute Gasteiger partial charge is 0.242 e. The van der Waals surface area contributed by atoms with Crippen LogP contribution in [0, 0.1) is 0 Å². The molecular weight excluding hydrogens is 482 g/mol. The van der Waals surface area contributed by atoms with E-state index in [9.17, 15) is 13.2 Å². The molecule has 3 N–H and O–H groups in total. The number of nitrogens with zero attached hydrogens (tertiary/aromatic N) is 4. The molecule has 36 heavy (non-hydrogen) atoms. The molecular formula is C24H29N7O4S. The summed E-state index contributed by atoms with van der Waals surface area (Å²) in [5.41, 5.74) is 1.95. The Morgan fingerprint density at radius 2 is 1.64 bits per heavy atom. The maximum Gasteiger partial charge on any atom is 0.242 e. The van der Waals surface area contributed by atoms with Crippen molar-refractivity contribution < 1.29 is 17.9 Å². The van der Waals surface area contributed by atoms with Gasteiger partial charge in [-0.05, 0) is 38.1 Å². The third-order valence-electron chi connectivity index (χ3n) is 5.50. The molecule has 1 aliphatic heterocycles. The van der Waals surface area contributed by atoms with Gasteiger partial charge in [-0.2, -0.15) is 4.98 Å². The molecule has 4 rings (SSSR count). The highest BCUT2D eigenvalue weighted by molar-refractivity contribution is 7.89. The van der Waals surface area contributed by atoms with E-state index in [0.717, 1.165) is 5.69 Å². The summed E-state index contributed by atoms with van der Waals surface area (Å²) in [4.78, 5) is 26.5. The molecule has 11 nitrogen and oxygen atoms in total. The van der Waals surface area contributed by atoms with Crippen molar-refractivity contribution in [1.29, 1.82) is 0 Å². The van der Waals surface area contributed by atoms with Gasteiger partial charge in [0.05, 0.1) is 18.5 Å². The second kappa shape index (κ2) is 10.9. The molecule has 2 heterocycles. The lowest BCUT2D eigenvalue weighted by molar-refractivity contribution is -0.119. The number of carbonyl (C=O) groups is 1. The Labute approximate surface area is 210 Å². The van der Waals surface area contributed by atoms with Crippen LogP contribution >= 0.6 is 0 Å². The molecule has 0 amide bonds. The maximum absolute atomic E-state index is 12.7. The highest BCUT2D eigenvalue weighted by atomic mass is 32.2. The monoisotopic (exact) mass is 511 g/mol. The normalized spacial score (nSPS) is 14.1. The Kier molecular flexibility index (Phi) is 7.65. The van der Waals surface area contributed by atoms with Crippen molar-refractivity contribution >= 4 is 44.8 Å². The zero-order chi connectivity index (χ0) is 25.7. The van der Waals surface area contributed by atoms with E-state index in [1.807, 2.05) is 18.2 Å². The Balaban J connectivity index is 1.53. The van der Waals surface area contributed by atoms with Gasteiger partial charge in [-0.1, -0.05) is 12.1 Å². The molecule has 1 fully saturated rings. The molecule has 12 heteroatoms. The molecule has 0 saturated carbocycles. The van der Waals surface area contributed by atoms with Gasteiger partial charge in [0.25, 0.3) is 0 Å². The summed E-state index contributed by atoms with van der Waals surface area (Å²) in [6.07, 6.45) is 2.41. The first-order valence-electron chi connectivity index (χ1n) is 11.5. The van der Waals surface area contributed by atoms with Gasteiger partial charge >= 0.3 is 0 Å². The van der Waals surface area contributed by atoms with E-state index in [0.29, 0.717) is 43.1 Å². The van der Waals surface area contributed by atoms with E-state index < -0.39 is 10.0 Å². The number of aromatic nitrogens is 3. The van der Waals surface area contributed by atoms with E-state index in [1.165, 1.54) is 12.4 Å². The van der Waals surface area contributed by atoms with Crippen LogP contribution in [0.5, 0.6) is 5.75 Å². The molecule has 3 aromatic rings. The van der Waals surface area contributed by atoms with Crippen LogP contribution in [0.25, 0.3) is 0 Å². The number of piperidine rings is 1. The van der Waals surface area contributed by atoms with Gasteiger partial charge in [-0.15, -0.1) is 0 Å². The van der Waals surface area contributed by atoms with E-state index in [-0.39, 0.29) is 28.6 Å². The second-order valence-electron chi connectivity index (χ2n) is 8.57. The average molecular weight is 512 g/mol. The minimum absolute atomic E-state index is 0.0882. The average Bonchev–Trinajstić information content (AvgIpc) is 2.84. The van der Waals surface area contributed by atoms with Crippen molar-refractivity contribution in [3.63, 3.8) is 0 Å². The minimum Gasteiger partial charge on any atom is -0.494 e. The number of para-hydroxylation sites is 1. The molecule has 0 radical (unpaired) electrons. The summed E-state index contributed by atoms with van der Waals surface area (Å²) >= 11 is 0. The quantitative estimate of drug-likeness (QED) is 0.392. The second-order valence-corrected chi connectivity index (χ2v) is 10.2. The lowest BCUT2D eigenvalue weighted by Gasteiger charge is -2.28. The van der Waals surface area contributed by atoms with Crippen molar-refractivity contribution in [1.82, 2.24) is 19.7 Å². The molecule has 190 valence electrons. The van der Waals surface area contributed by atoms with E-state index in [4.69, 9.17) is 4.74 Å². The van der Waals surface area contributed by atoms with Gasteiger partial charge < -0.3 is 20.3 Å². The van der Waals surface area contributed by atoms with Gasteiger partial charge in [0.15, 0.2) is 0 Å². The van der Waals surface area contributed by atoms with Gasteiger partial charge in [0, 0.05) is 43.7 Å². The summed E-state index contributed by atoms with van der Waals surface area (Å²) in [6.45, 7) is 4.87. The van der Waals surface area contributed by atoms with Crippen LogP contribution < -0.4 is 25.0 Å². The summed E-state index contributed by atoms with van der Waals surface area (Å²) in [7, 11) is -2.16. The predicted molar refractivity (Wildman–Crippen MR) is 138 cm³/mol. The number of anilines is 5. The van der Waals surface area contributed by atoms with Gasteiger partial charge in [-0.25, -0.2) is 23.1 Å². The van der Waals surface area contributed by atoms with Crippen molar-refractivity contribution in [2.75, 3.05) is 35.7 Å². The maximum atomic E-state index is 12.7. The molecule has 2 aromatic carbocycles. The zero-order valence-electron chi connectivity index (χ0n) is 20.4. The standard InChI is InChI=1S/C24H29N7O4S/c1-16(2)30-36(33,34)22-7-5-4-6-20(22)28-24-26-15-25-23(29-24)27-19-9-8-17(14-21(19)35-3)31-12-10-18(32)11-13-31/h4-9,14-16,30H,10-13H2,1-3H3,(H2,25,26,27,28,29). The van der Waals surface area contributed by atoms with Crippen molar-refractivity contribution in [2.45, 2.75) is 37.6 Å². The largest absolute Gasteiger partial charge is 0.494 e. The topological polar surface area (TPSA) is 138 Å². The number of sulfonamides is 1. The van der Waals surface area contributed by atoms with Crippen LogP contribution in [-0.2, 0) is 14.8 Å². The van der Waals surface area contributed by atoms with E-state index >= 15 is 0 Å².